The highest BCUT2D eigenvalue weighted by molar-refractivity contribution is 9.10. The van der Waals surface area contributed by atoms with Crippen LogP contribution in [0, 0.1) is 0 Å². The zero-order valence-corrected chi connectivity index (χ0v) is 14.1. The summed E-state index contributed by atoms with van der Waals surface area (Å²) < 4.78 is 1.02. The van der Waals surface area contributed by atoms with Gasteiger partial charge in [0.05, 0.1) is 11.6 Å². The predicted octanol–water partition coefficient (Wildman–Crippen LogP) is 3.15. The minimum absolute atomic E-state index is 0.222. The summed E-state index contributed by atoms with van der Waals surface area (Å²) in [5, 5.41) is 13.3. The lowest BCUT2D eigenvalue weighted by Crippen LogP contribution is -2.53. The number of rotatable bonds is 2. The molecule has 4 nitrogen and oxygen atoms in total. The van der Waals surface area contributed by atoms with E-state index in [2.05, 4.69) is 26.1 Å². The summed E-state index contributed by atoms with van der Waals surface area (Å²) in [7, 11) is 0. The second-order valence-electron chi connectivity index (χ2n) is 6.22. The molecule has 0 bridgehead atoms. The fourth-order valence-electron chi connectivity index (χ4n) is 3.96. The summed E-state index contributed by atoms with van der Waals surface area (Å²) in [6, 6.07) is 13.4. The van der Waals surface area contributed by atoms with Gasteiger partial charge in [0.25, 0.3) is 0 Å². The van der Waals surface area contributed by atoms with Crippen molar-refractivity contribution in [3.05, 3.63) is 52.5 Å². The van der Waals surface area contributed by atoms with Crippen LogP contribution < -0.4 is 10.2 Å². The number of phenolic OH excluding ortho intramolecular Hbond substituents is 1. The Labute approximate surface area is 143 Å². The molecule has 2 aliphatic rings. The van der Waals surface area contributed by atoms with Crippen molar-refractivity contribution in [3.8, 4) is 5.75 Å². The van der Waals surface area contributed by atoms with Gasteiger partial charge < -0.3 is 20.1 Å². The quantitative estimate of drug-likeness (QED) is 0.795. The molecule has 2 heterocycles. The van der Waals surface area contributed by atoms with Crippen molar-refractivity contribution in [2.24, 2.45) is 0 Å². The van der Waals surface area contributed by atoms with E-state index < -0.39 is 0 Å². The first-order valence-corrected chi connectivity index (χ1v) is 8.50. The normalized spacial score (nSPS) is 25.8. The maximum atomic E-state index is 11.7. The van der Waals surface area contributed by atoms with Gasteiger partial charge in [-0.3, -0.25) is 0 Å². The molecule has 5 heteroatoms. The maximum absolute atomic E-state index is 11.7. The Bertz CT molecular complexity index is 762. The molecule has 1 saturated heterocycles. The number of anilines is 2. The van der Waals surface area contributed by atoms with Crippen LogP contribution in [0.4, 0.5) is 11.4 Å². The van der Waals surface area contributed by atoms with Gasteiger partial charge in [0.2, 0.25) is 0 Å². The van der Waals surface area contributed by atoms with Crippen LogP contribution in [-0.4, -0.2) is 29.5 Å². The molecule has 1 spiro atoms. The Morgan fingerprint density at radius 1 is 1.26 bits per heavy atom. The standard InChI is InChI=1S/C18H17BrN2O2/c19-13-2-4-14(5-3-13)21-16-9-15(23)6-1-12(16)10-18(21)7-8-20-17(18)11-22/h1-6,9,11,17,20,23H,7-8,10H2. The first-order chi connectivity index (χ1) is 11.1. The van der Waals surface area contributed by atoms with Crippen LogP contribution in [0.5, 0.6) is 5.75 Å². The summed E-state index contributed by atoms with van der Waals surface area (Å²) in [6.07, 6.45) is 2.71. The number of hydrogen-bond acceptors (Lipinski definition) is 4. The van der Waals surface area contributed by atoms with Crippen molar-refractivity contribution >= 4 is 33.6 Å². The molecule has 0 saturated carbocycles. The Balaban J connectivity index is 1.91. The third-order valence-electron chi connectivity index (χ3n) is 4.97. The van der Waals surface area contributed by atoms with Crippen LogP contribution in [0.25, 0.3) is 0 Å². The van der Waals surface area contributed by atoms with Gasteiger partial charge in [-0.05, 0) is 48.9 Å². The summed E-state index contributed by atoms with van der Waals surface area (Å²) in [4.78, 5) is 13.9. The van der Waals surface area contributed by atoms with E-state index in [0.717, 1.165) is 41.5 Å². The molecule has 2 N–H and O–H groups in total. The van der Waals surface area contributed by atoms with Crippen molar-refractivity contribution in [2.75, 3.05) is 11.4 Å². The summed E-state index contributed by atoms with van der Waals surface area (Å²) in [6.45, 7) is 0.816. The lowest BCUT2D eigenvalue weighted by Gasteiger charge is -2.39. The van der Waals surface area contributed by atoms with E-state index in [1.807, 2.05) is 30.3 Å². The van der Waals surface area contributed by atoms with E-state index in [1.165, 1.54) is 5.56 Å². The van der Waals surface area contributed by atoms with Crippen molar-refractivity contribution in [1.29, 1.82) is 0 Å². The SMILES string of the molecule is O=CC1NCCC12Cc1ccc(O)cc1N2c1ccc(Br)cc1. The van der Waals surface area contributed by atoms with Gasteiger partial charge in [-0.2, -0.15) is 0 Å². The molecule has 2 unspecified atom stereocenters. The summed E-state index contributed by atoms with van der Waals surface area (Å²) >= 11 is 3.47. The van der Waals surface area contributed by atoms with E-state index in [0.29, 0.717) is 0 Å². The van der Waals surface area contributed by atoms with Crippen LogP contribution in [0.1, 0.15) is 12.0 Å². The van der Waals surface area contributed by atoms with Crippen molar-refractivity contribution < 1.29 is 9.90 Å². The van der Waals surface area contributed by atoms with Gasteiger partial charge in [-0.1, -0.05) is 22.0 Å². The molecule has 4 rings (SSSR count). The van der Waals surface area contributed by atoms with Gasteiger partial charge in [0.15, 0.2) is 0 Å². The average molecular weight is 373 g/mol. The summed E-state index contributed by atoms with van der Waals surface area (Å²) in [5.74, 6) is 0.247. The molecule has 2 aromatic rings. The smallest absolute Gasteiger partial charge is 0.139 e. The molecule has 2 aromatic carbocycles. The Hall–Kier alpha value is -1.85. The minimum atomic E-state index is -0.300. The molecule has 2 atom stereocenters. The van der Waals surface area contributed by atoms with E-state index in [-0.39, 0.29) is 17.3 Å². The fourth-order valence-corrected chi connectivity index (χ4v) is 4.22. The molecular weight excluding hydrogens is 356 g/mol. The number of halogens is 1. The highest BCUT2D eigenvalue weighted by Crippen LogP contribution is 2.49. The number of hydrogen-bond donors (Lipinski definition) is 2. The maximum Gasteiger partial charge on any atom is 0.139 e. The van der Waals surface area contributed by atoms with Crippen LogP contribution in [0.3, 0.4) is 0 Å². The lowest BCUT2D eigenvalue weighted by atomic mass is 9.86. The number of benzene rings is 2. The highest BCUT2D eigenvalue weighted by atomic mass is 79.9. The lowest BCUT2D eigenvalue weighted by molar-refractivity contribution is -0.110. The monoisotopic (exact) mass is 372 g/mol. The largest absolute Gasteiger partial charge is 0.508 e. The molecular formula is C18H17BrN2O2. The van der Waals surface area contributed by atoms with E-state index in [9.17, 15) is 9.90 Å². The number of fused-ring (bicyclic) bond motifs is 1. The van der Waals surface area contributed by atoms with Gasteiger partial charge in [0.1, 0.15) is 12.0 Å². The topological polar surface area (TPSA) is 52.6 Å². The van der Waals surface area contributed by atoms with Crippen molar-refractivity contribution in [1.82, 2.24) is 5.32 Å². The molecule has 1 fully saturated rings. The van der Waals surface area contributed by atoms with Crippen molar-refractivity contribution in [2.45, 2.75) is 24.4 Å². The third-order valence-corrected chi connectivity index (χ3v) is 5.50. The number of nitrogens with zero attached hydrogens (tertiary/aromatic N) is 1. The zero-order chi connectivity index (χ0) is 16.0. The number of carbonyl (C=O) groups excluding carboxylic acids is 1. The van der Waals surface area contributed by atoms with Gasteiger partial charge in [-0.15, -0.1) is 0 Å². The average Bonchev–Trinajstić information content (AvgIpc) is 3.09. The van der Waals surface area contributed by atoms with E-state index in [4.69, 9.17) is 0 Å². The first kappa shape index (κ1) is 14.7. The predicted molar refractivity (Wildman–Crippen MR) is 93.3 cm³/mol. The highest BCUT2D eigenvalue weighted by Gasteiger charge is 2.52. The molecule has 0 aliphatic carbocycles. The Morgan fingerprint density at radius 3 is 2.78 bits per heavy atom. The van der Waals surface area contributed by atoms with Gasteiger partial charge in [0, 0.05) is 28.3 Å². The second kappa shape index (κ2) is 5.35. The number of carbonyl (C=O) groups is 1. The second-order valence-corrected chi connectivity index (χ2v) is 7.14. The molecule has 2 aliphatic heterocycles. The molecule has 118 valence electrons. The molecule has 0 radical (unpaired) electrons. The van der Waals surface area contributed by atoms with Crippen molar-refractivity contribution in [3.63, 3.8) is 0 Å². The first-order valence-electron chi connectivity index (χ1n) is 7.70. The van der Waals surface area contributed by atoms with Gasteiger partial charge >= 0.3 is 0 Å². The van der Waals surface area contributed by atoms with E-state index >= 15 is 0 Å². The Kier molecular flexibility index (Phi) is 3.43. The third kappa shape index (κ3) is 2.18. The summed E-state index contributed by atoms with van der Waals surface area (Å²) in [5.41, 5.74) is 2.89. The van der Waals surface area contributed by atoms with Crippen LogP contribution >= 0.6 is 15.9 Å². The molecule has 23 heavy (non-hydrogen) atoms. The number of phenols is 1. The fraction of sp³-hybridized carbons (Fsp3) is 0.278. The zero-order valence-electron chi connectivity index (χ0n) is 12.5. The van der Waals surface area contributed by atoms with E-state index in [1.54, 1.807) is 12.1 Å². The van der Waals surface area contributed by atoms with Gasteiger partial charge in [-0.25, -0.2) is 0 Å². The van der Waals surface area contributed by atoms with Crippen LogP contribution in [-0.2, 0) is 11.2 Å². The number of aldehydes is 1. The van der Waals surface area contributed by atoms with Crippen LogP contribution in [0.15, 0.2) is 46.9 Å². The number of nitrogens with one attached hydrogen (secondary N) is 1. The molecule has 0 aromatic heterocycles. The Morgan fingerprint density at radius 2 is 2.04 bits per heavy atom. The number of aromatic hydroxyl groups is 1. The molecule has 0 amide bonds. The minimum Gasteiger partial charge on any atom is -0.508 e. The van der Waals surface area contributed by atoms with Crippen LogP contribution in [0.2, 0.25) is 0 Å².